The molecule has 0 unspecified atom stereocenters. The highest BCUT2D eigenvalue weighted by molar-refractivity contribution is 5.89. The molecule has 0 atom stereocenters. The topological polar surface area (TPSA) is 125 Å². The SMILES string of the molecule is CC(=O)Nc1cccc(-n2ncc3c(=O)[nH]c(Nc4ccc(CCO)cc4)nc32)c1. The predicted octanol–water partition coefficient (Wildman–Crippen LogP) is 2.35. The lowest BCUT2D eigenvalue weighted by atomic mass is 10.1. The van der Waals surface area contributed by atoms with E-state index in [4.69, 9.17) is 5.11 Å². The van der Waals surface area contributed by atoms with Crippen molar-refractivity contribution in [3.05, 3.63) is 70.6 Å². The summed E-state index contributed by atoms with van der Waals surface area (Å²) in [7, 11) is 0. The number of benzene rings is 2. The molecule has 9 heteroatoms. The second kappa shape index (κ2) is 8.18. The molecule has 2 aromatic heterocycles. The lowest BCUT2D eigenvalue weighted by Crippen LogP contribution is -2.12. The molecule has 9 nitrogen and oxygen atoms in total. The van der Waals surface area contributed by atoms with Gasteiger partial charge in [-0.3, -0.25) is 14.6 Å². The van der Waals surface area contributed by atoms with Crippen LogP contribution in [0.5, 0.6) is 0 Å². The number of aliphatic hydroxyl groups is 1. The van der Waals surface area contributed by atoms with Crippen LogP contribution in [0.25, 0.3) is 16.7 Å². The molecule has 0 saturated heterocycles. The van der Waals surface area contributed by atoms with Crippen molar-refractivity contribution >= 4 is 34.3 Å². The Hall–Kier alpha value is -3.98. The summed E-state index contributed by atoms with van der Waals surface area (Å²) in [6.45, 7) is 1.52. The van der Waals surface area contributed by atoms with Crippen molar-refractivity contribution in [3.63, 3.8) is 0 Å². The van der Waals surface area contributed by atoms with Crippen molar-refractivity contribution in [1.82, 2.24) is 19.7 Å². The van der Waals surface area contributed by atoms with Gasteiger partial charge in [0.25, 0.3) is 5.56 Å². The first-order valence-electron chi connectivity index (χ1n) is 9.36. The van der Waals surface area contributed by atoms with Gasteiger partial charge in [0, 0.05) is 24.9 Å². The van der Waals surface area contributed by atoms with Gasteiger partial charge in [0.2, 0.25) is 11.9 Å². The number of nitrogens with one attached hydrogen (secondary N) is 3. The fraction of sp³-hybridized carbons (Fsp3) is 0.143. The van der Waals surface area contributed by atoms with E-state index < -0.39 is 0 Å². The van der Waals surface area contributed by atoms with Crippen LogP contribution >= 0.6 is 0 Å². The maximum atomic E-state index is 12.5. The Balaban J connectivity index is 1.69. The third kappa shape index (κ3) is 4.06. The second-order valence-electron chi connectivity index (χ2n) is 6.74. The summed E-state index contributed by atoms with van der Waals surface area (Å²) >= 11 is 0. The van der Waals surface area contributed by atoms with Crippen LogP contribution in [0.15, 0.2) is 59.5 Å². The normalized spacial score (nSPS) is 10.9. The van der Waals surface area contributed by atoms with E-state index in [2.05, 4.69) is 25.7 Å². The number of hydrogen-bond donors (Lipinski definition) is 4. The van der Waals surface area contributed by atoms with E-state index in [1.165, 1.54) is 13.1 Å². The molecule has 0 fully saturated rings. The van der Waals surface area contributed by atoms with Crippen LogP contribution in [-0.2, 0) is 11.2 Å². The molecule has 0 radical (unpaired) electrons. The van der Waals surface area contributed by atoms with Crippen LogP contribution in [0.3, 0.4) is 0 Å². The quantitative estimate of drug-likeness (QED) is 0.391. The van der Waals surface area contributed by atoms with Gasteiger partial charge in [0.1, 0.15) is 5.39 Å². The Bertz CT molecular complexity index is 1260. The van der Waals surface area contributed by atoms with Gasteiger partial charge in [0.05, 0.1) is 11.9 Å². The van der Waals surface area contributed by atoms with Gasteiger partial charge < -0.3 is 15.7 Å². The number of anilines is 3. The van der Waals surface area contributed by atoms with Crippen LogP contribution in [-0.4, -0.2) is 37.4 Å². The lowest BCUT2D eigenvalue weighted by Gasteiger charge is -2.09. The molecule has 0 spiro atoms. The number of aromatic amines is 1. The van der Waals surface area contributed by atoms with E-state index in [1.807, 2.05) is 30.3 Å². The highest BCUT2D eigenvalue weighted by Gasteiger charge is 2.12. The Labute approximate surface area is 171 Å². The minimum atomic E-state index is -0.316. The largest absolute Gasteiger partial charge is 0.396 e. The van der Waals surface area contributed by atoms with Crippen molar-refractivity contribution in [3.8, 4) is 5.69 Å². The zero-order valence-electron chi connectivity index (χ0n) is 16.2. The second-order valence-corrected chi connectivity index (χ2v) is 6.74. The van der Waals surface area contributed by atoms with Crippen LogP contribution in [0.2, 0.25) is 0 Å². The van der Waals surface area contributed by atoms with Gasteiger partial charge in [0.15, 0.2) is 5.65 Å². The molecule has 4 aromatic rings. The van der Waals surface area contributed by atoms with Crippen LogP contribution in [0.1, 0.15) is 12.5 Å². The average molecular weight is 404 g/mol. The molecular weight excluding hydrogens is 384 g/mol. The van der Waals surface area contributed by atoms with Crippen molar-refractivity contribution in [1.29, 1.82) is 0 Å². The molecule has 0 aliphatic heterocycles. The summed E-state index contributed by atoms with van der Waals surface area (Å²) in [5, 5.41) is 19.5. The highest BCUT2D eigenvalue weighted by Crippen LogP contribution is 2.20. The van der Waals surface area contributed by atoms with Gasteiger partial charge in [-0.05, 0) is 42.3 Å². The minimum absolute atomic E-state index is 0.0887. The standard InChI is InChI=1S/C21H20N6O3/c1-13(29)23-16-3-2-4-17(11-16)27-19-18(12-22-27)20(30)26-21(25-19)24-15-7-5-14(6-8-15)9-10-28/h2-8,11-12,28H,9-10H2,1H3,(H,23,29)(H2,24,25,26,30). The number of aromatic nitrogens is 4. The molecule has 0 aliphatic carbocycles. The van der Waals surface area contributed by atoms with Crippen LogP contribution < -0.4 is 16.2 Å². The Morgan fingerprint density at radius 2 is 1.97 bits per heavy atom. The molecular formula is C21H20N6O3. The maximum absolute atomic E-state index is 12.5. The maximum Gasteiger partial charge on any atom is 0.263 e. The monoisotopic (exact) mass is 404 g/mol. The first-order chi connectivity index (χ1) is 14.5. The van der Waals surface area contributed by atoms with Gasteiger partial charge in [-0.2, -0.15) is 10.1 Å². The summed E-state index contributed by atoms with van der Waals surface area (Å²) in [5.41, 5.74) is 3.11. The van der Waals surface area contributed by atoms with Crippen molar-refractivity contribution in [2.45, 2.75) is 13.3 Å². The van der Waals surface area contributed by atoms with Crippen molar-refractivity contribution < 1.29 is 9.90 Å². The summed E-state index contributed by atoms with van der Waals surface area (Å²) < 4.78 is 1.55. The summed E-state index contributed by atoms with van der Waals surface area (Å²) in [6.07, 6.45) is 2.04. The molecule has 4 rings (SSSR count). The van der Waals surface area contributed by atoms with Gasteiger partial charge in [-0.15, -0.1) is 0 Å². The lowest BCUT2D eigenvalue weighted by molar-refractivity contribution is -0.114. The molecule has 1 amide bonds. The van der Waals surface area contributed by atoms with Crippen LogP contribution in [0, 0.1) is 0 Å². The van der Waals surface area contributed by atoms with Gasteiger partial charge in [-0.1, -0.05) is 18.2 Å². The van der Waals surface area contributed by atoms with E-state index in [1.54, 1.807) is 22.9 Å². The van der Waals surface area contributed by atoms with Crippen LogP contribution in [0.4, 0.5) is 17.3 Å². The molecule has 30 heavy (non-hydrogen) atoms. The van der Waals surface area contributed by atoms with E-state index in [-0.39, 0.29) is 24.0 Å². The first kappa shape index (κ1) is 19.3. The van der Waals surface area contributed by atoms with E-state index in [0.717, 1.165) is 11.3 Å². The minimum Gasteiger partial charge on any atom is -0.396 e. The fourth-order valence-electron chi connectivity index (χ4n) is 3.11. The summed E-state index contributed by atoms with van der Waals surface area (Å²) in [4.78, 5) is 31.1. The van der Waals surface area contributed by atoms with Gasteiger partial charge >= 0.3 is 0 Å². The summed E-state index contributed by atoms with van der Waals surface area (Å²) in [5.74, 6) is 0.103. The molecule has 4 N–H and O–H groups in total. The fourth-order valence-corrected chi connectivity index (χ4v) is 3.11. The number of amides is 1. The predicted molar refractivity (Wildman–Crippen MR) is 114 cm³/mol. The van der Waals surface area contributed by atoms with E-state index >= 15 is 0 Å². The average Bonchev–Trinajstić information content (AvgIpc) is 3.14. The summed E-state index contributed by atoms with van der Waals surface area (Å²) in [6, 6.07) is 14.6. The first-order valence-corrected chi connectivity index (χ1v) is 9.36. The number of fused-ring (bicyclic) bond motifs is 1. The Kier molecular flexibility index (Phi) is 5.27. The highest BCUT2D eigenvalue weighted by atomic mass is 16.3. The molecule has 2 aromatic carbocycles. The Morgan fingerprint density at radius 1 is 1.17 bits per heavy atom. The number of carbonyl (C=O) groups excluding carboxylic acids is 1. The number of aliphatic hydroxyl groups excluding tert-OH is 1. The number of carbonyl (C=O) groups is 1. The van der Waals surface area contributed by atoms with Crippen molar-refractivity contribution in [2.75, 3.05) is 17.2 Å². The molecule has 0 saturated carbocycles. The zero-order chi connectivity index (χ0) is 21.1. The third-order valence-electron chi connectivity index (χ3n) is 4.47. The number of rotatable bonds is 6. The number of H-pyrrole nitrogens is 1. The third-order valence-corrected chi connectivity index (χ3v) is 4.47. The zero-order valence-corrected chi connectivity index (χ0v) is 16.2. The van der Waals surface area contributed by atoms with Gasteiger partial charge in [-0.25, -0.2) is 4.68 Å². The molecule has 0 bridgehead atoms. The Morgan fingerprint density at radius 3 is 2.70 bits per heavy atom. The molecule has 152 valence electrons. The number of nitrogens with zero attached hydrogens (tertiary/aromatic N) is 3. The molecule has 0 aliphatic rings. The molecule has 2 heterocycles. The van der Waals surface area contributed by atoms with E-state index in [0.29, 0.717) is 28.8 Å². The smallest absolute Gasteiger partial charge is 0.263 e. The number of hydrogen-bond acceptors (Lipinski definition) is 6. The van der Waals surface area contributed by atoms with E-state index in [9.17, 15) is 9.59 Å². The van der Waals surface area contributed by atoms with Crippen molar-refractivity contribution in [2.24, 2.45) is 0 Å².